The minimum Gasteiger partial charge on any atom is -0.473 e. The van der Waals surface area contributed by atoms with Crippen LogP contribution >= 0.6 is 0 Å². The third-order valence-electron chi connectivity index (χ3n) is 5.16. The number of hydrogen-bond donors (Lipinski definition) is 0. The smallest absolute Gasteiger partial charge is 0.473 e. The molecule has 0 amide bonds. The zero-order valence-electron chi connectivity index (χ0n) is 16.7. The molecule has 0 bridgehead atoms. The van der Waals surface area contributed by atoms with Gasteiger partial charge >= 0.3 is 12.5 Å². The summed E-state index contributed by atoms with van der Waals surface area (Å²) in [5.41, 5.74) is -0.653. The van der Waals surface area contributed by atoms with E-state index in [-0.39, 0.29) is 53.8 Å². The van der Waals surface area contributed by atoms with Crippen LogP contribution in [0.5, 0.6) is 17.4 Å². The van der Waals surface area contributed by atoms with E-state index in [2.05, 4.69) is 19.6 Å². The number of Topliss-reactive ketones (excluding diaryl/α,β-unsaturated/α-hetero) is 1. The Morgan fingerprint density at radius 1 is 1.09 bits per heavy atom. The Balaban J connectivity index is 1.41. The Morgan fingerprint density at radius 3 is 2.67 bits per heavy atom. The quantitative estimate of drug-likeness (QED) is 0.518. The summed E-state index contributed by atoms with van der Waals surface area (Å²) in [6.45, 7) is -0.0946. The molecule has 0 unspecified atom stereocenters. The van der Waals surface area contributed by atoms with Crippen molar-refractivity contribution in [1.29, 1.82) is 0 Å². The first-order valence-corrected chi connectivity index (χ1v) is 9.81. The molecule has 2 aromatic heterocycles. The summed E-state index contributed by atoms with van der Waals surface area (Å²) in [7, 11) is 0. The van der Waals surface area contributed by atoms with Gasteiger partial charge in [0.15, 0.2) is 23.0 Å². The van der Waals surface area contributed by atoms with Crippen molar-refractivity contribution in [3.63, 3.8) is 0 Å². The van der Waals surface area contributed by atoms with Crippen LogP contribution in [0.4, 0.5) is 22.0 Å². The lowest BCUT2D eigenvalue weighted by Gasteiger charge is -2.14. The molecule has 5 rings (SSSR count). The van der Waals surface area contributed by atoms with Gasteiger partial charge in [-0.1, -0.05) is 6.07 Å². The van der Waals surface area contributed by atoms with Crippen LogP contribution in [-0.4, -0.2) is 26.8 Å². The molecular formula is C21H14F5N3O4. The maximum absolute atomic E-state index is 13.5. The molecule has 172 valence electrons. The number of alkyl halides is 5. The molecule has 3 aromatic rings. The third kappa shape index (κ3) is 3.96. The predicted octanol–water partition coefficient (Wildman–Crippen LogP) is 4.71. The summed E-state index contributed by atoms with van der Waals surface area (Å²) in [5.74, 6) is -0.645. The number of ether oxygens (including phenoxy) is 3. The van der Waals surface area contributed by atoms with Crippen LogP contribution in [-0.2, 0) is 19.2 Å². The average molecular weight is 467 g/mol. The van der Waals surface area contributed by atoms with Gasteiger partial charge in [-0.3, -0.25) is 4.79 Å². The maximum atomic E-state index is 13.5. The van der Waals surface area contributed by atoms with Crippen LogP contribution in [0.1, 0.15) is 40.2 Å². The van der Waals surface area contributed by atoms with E-state index in [1.807, 2.05) is 0 Å². The number of nitrogens with zero attached hydrogens (tertiary/aromatic N) is 3. The summed E-state index contributed by atoms with van der Waals surface area (Å²) in [6.07, 6.45) is -6.57. The number of carbonyl (C=O) groups excluding carboxylic acids is 1. The minimum atomic E-state index is -4.70. The number of hydrogen-bond acceptors (Lipinski definition) is 6. The Labute approximate surface area is 182 Å². The van der Waals surface area contributed by atoms with E-state index in [4.69, 9.17) is 4.74 Å². The van der Waals surface area contributed by atoms with E-state index in [1.54, 1.807) is 0 Å². The van der Waals surface area contributed by atoms with Gasteiger partial charge < -0.3 is 14.2 Å². The lowest BCUT2D eigenvalue weighted by Crippen LogP contribution is -2.25. The van der Waals surface area contributed by atoms with Crippen molar-refractivity contribution in [3.05, 3.63) is 59.0 Å². The molecule has 0 N–H and O–H groups in total. The van der Waals surface area contributed by atoms with E-state index in [9.17, 15) is 26.7 Å². The van der Waals surface area contributed by atoms with Crippen LogP contribution in [0.2, 0.25) is 0 Å². The number of aromatic nitrogens is 3. The van der Waals surface area contributed by atoms with E-state index in [0.717, 1.165) is 4.68 Å². The standard InChI is InChI=1S/C21H14F5N3O4/c22-20(23,24)19-13-2-1-3-14(30)18(13)29(28-19)12-6-7-27-17(9-12)31-10-11-4-5-15-16(8-11)33-21(25,26)32-15/h4-9H,1-3,10H2. The Morgan fingerprint density at radius 2 is 1.88 bits per heavy atom. The number of halogens is 5. The first-order valence-electron chi connectivity index (χ1n) is 9.81. The fourth-order valence-corrected chi connectivity index (χ4v) is 3.78. The Bertz CT molecular complexity index is 1260. The van der Waals surface area contributed by atoms with Gasteiger partial charge in [0.1, 0.15) is 12.3 Å². The molecule has 3 heterocycles. The Kier molecular flexibility index (Phi) is 4.76. The van der Waals surface area contributed by atoms with E-state index in [0.29, 0.717) is 12.0 Å². The number of benzene rings is 1. The van der Waals surface area contributed by atoms with Crippen molar-refractivity contribution < 1.29 is 41.0 Å². The molecule has 1 aromatic carbocycles. The predicted molar refractivity (Wildman–Crippen MR) is 101 cm³/mol. The van der Waals surface area contributed by atoms with E-state index >= 15 is 0 Å². The molecule has 0 atom stereocenters. The number of ketones is 1. The minimum absolute atomic E-state index is 0.0385. The fraction of sp³-hybridized carbons (Fsp3) is 0.286. The normalized spacial score (nSPS) is 16.6. The fourth-order valence-electron chi connectivity index (χ4n) is 3.78. The van der Waals surface area contributed by atoms with Gasteiger partial charge in [-0.05, 0) is 36.6 Å². The van der Waals surface area contributed by atoms with Gasteiger partial charge in [0.25, 0.3) is 0 Å². The summed E-state index contributed by atoms with van der Waals surface area (Å²) in [6, 6.07) is 6.87. The van der Waals surface area contributed by atoms with Crippen molar-refractivity contribution in [2.75, 3.05) is 0 Å². The second kappa shape index (κ2) is 7.42. The van der Waals surface area contributed by atoms with Crippen LogP contribution in [0.25, 0.3) is 5.69 Å². The monoisotopic (exact) mass is 467 g/mol. The van der Waals surface area contributed by atoms with Crippen LogP contribution in [0, 0.1) is 0 Å². The van der Waals surface area contributed by atoms with Gasteiger partial charge in [0, 0.05) is 24.2 Å². The second-order valence-electron chi connectivity index (χ2n) is 7.45. The number of pyridine rings is 1. The number of carbonyl (C=O) groups is 1. The molecule has 7 nitrogen and oxygen atoms in total. The summed E-state index contributed by atoms with van der Waals surface area (Å²) in [5, 5.41) is 3.68. The zero-order valence-corrected chi connectivity index (χ0v) is 16.7. The third-order valence-corrected chi connectivity index (χ3v) is 5.16. The molecule has 1 aliphatic carbocycles. The van der Waals surface area contributed by atoms with Crippen molar-refractivity contribution >= 4 is 5.78 Å². The van der Waals surface area contributed by atoms with Crippen molar-refractivity contribution in [3.8, 4) is 23.1 Å². The molecule has 0 spiro atoms. The maximum Gasteiger partial charge on any atom is 0.586 e. The van der Waals surface area contributed by atoms with Crippen molar-refractivity contribution in [1.82, 2.24) is 14.8 Å². The topological polar surface area (TPSA) is 75.5 Å². The van der Waals surface area contributed by atoms with Crippen molar-refractivity contribution in [2.45, 2.75) is 38.3 Å². The van der Waals surface area contributed by atoms with E-state index in [1.165, 1.54) is 36.5 Å². The molecule has 0 saturated carbocycles. The SMILES string of the molecule is O=C1CCCc2c(C(F)(F)F)nn(-c3ccnc(OCc4ccc5c(c4)OC(F)(F)O5)c3)c21. The average Bonchev–Trinajstić information content (AvgIpc) is 3.29. The van der Waals surface area contributed by atoms with Crippen molar-refractivity contribution in [2.24, 2.45) is 0 Å². The number of fused-ring (bicyclic) bond motifs is 2. The summed E-state index contributed by atoms with van der Waals surface area (Å²) < 4.78 is 82.0. The van der Waals surface area contributed by atoms with Gasteiger partial charge in [-0.2, -0.15) is 18.3 Å². The molecule has 2 aliphatic rings. The molecule has 12 heteroatoms. The molecular weight excluding hydrogens is 453 g/mol. The molecule has 0 fully saturated rings. The summed E-state index contributed by atoms with van der Waals surface area (Å²) in [4.78, 5) is 16.4. The lowest BCUT2D eigenvalue weighted by atomic mass is 9.94. The molecule has 0 saturated heterocycles. The molecule has 33 heavy (non-hydrogen) atoms. The summed E-state index contributed by atoms with van der Waals surface area (Å²) >= 11 is 0. The highest BCUT2D eigenvalue weighted by Crippen LogP contribution is 2.41. The lowest BCUT2D eigenvalue weighted by molar-refractivity contribution is -0.286. The highest BCUT2D eigenvalue weighted by atomic mass is 19.4. The largest absolute Gasteiger partial charge is 0.586 e. The van der Waals surface area contributed by atoms with Gasteiger partial charge in [-0.15, -0.1) is 8.78 Å². The van der Waals surface area contributed by atoms with Crippen LogP contribution < -0.4 is 14.2 Å². The van der Waals surface area contributed by atoms with Crippen LogP contribution in [0.15, 0.2) is 36.5 Å². The molecule has 1 aliphatic heterocycles. The van der Waals surface area contributed by atoms with Gasteiger partial charge in [0.05, 0.1) is 5.69 Å². The Hall–Kier alpha value is -3.70. The first-order chi connectivity index (χ1) is 15.6. The van der Waals surface area contributed by atoms with Gasteiger partial charge in [0.2, 0.25) is 5.88 Å². The zero-order chi connectivity index (χ0) is 23.4. The first kappa shape index (κ1) is 21.2. The van der Waals surface area contributed by atoms with Crippen LogP contribution in [0.3, 0.4) is 0 Å². The number of rotatable bonds is 4. The highest BCUT2D eigenvalue weighted by Gasteiger charge is 2.43. The van der Waals surface area contributed by atoms with E-state index < -0.39 is 23.9 Å². The molecule has 0 radical (unpaired) electrons. The second-order valence-corrected chi connectivity index (χ2v) is 7.45. The highest BCUT2D eigenvalue weighted by molar-refractivity contribution is 5.97. The van der Waals surface area contributed by atoms with Gasteiger partial charge in [-0.25, -0.2) is 9.67 Å².